The Bertz CT molecular complexity index is 883. The van der Waals surface area contributed by atoms with E-state index in [1.54, 1.807) is 12.1 Å². The standard InChI is InChI=1S/C17H25NO2.C17H29N/c1-11(2)13-9-8-12(3)10-16(13)20-17(19)14-6-4-5-7-15(14)18;1-2-3-4-5-6-7-8-9-10-11-14-17-15-12-13-16-18-17/h4-7,11-13,16H,8-10,18H2,1-3H3;12-13,15-16H,2-11,14H2,1H3. The van der Waals surface area contributed by atoms with Crippen LogP contribution in [0.15, 0.2) is 48.7 Å². The van der Waals surface area contributed by atoms with E-state index in [1.165, 1.54) is 76.3 Å². The van der Waals surface area contributed by atoms with E-state index in [2.05, 4.69) is 44.8 Å². The van der Waals surface area contributed by atoms with Crippen molar-refractivity contribution in [3.05, 3.63) is 59.9 Å². The maximum absolute atomic E-state index is 12.3. The van der Waals surface area contributed by atoms with Crippen LogP contribution in [0.1, 0.15) is 127 Å². The van der Waals surface area contributed by atoms with Crippen molar-refractivity contribution < 1.29 is 9.53 Å². The second kappa shape index (κ2) is 18.8. The minimum atomic E-state index is -0.284. The molecule has 1 aliphatic carbocycles. The van der Waals surface area contributed by atoms with Crippen LogP contribution in [-0.2, 0) is 11.2 Å². The minimum Gasteiger partial charge on any atom is -0.458 e. The number of nitrogens with two attached hydrogens (primary N) is 1. The van der Waals surface area contributed by atoms with Gasteiger partial charge in [-0.05, 0) is 67.7 Å². The van der Waals surface area contributed by atoms with E-state index in [-0.39, 0.29) is 12.1 Å². The number of hydrogen-bond donors (Lipinski definition) is 1. The van der Waals surface area contributed by atoms with Gasteiger partial charge in [0.15, 0.2) is 0 Å². The van der Waals surface area contributed by atoms with Crippen LogP contribution in [0.3, 0.4) is 0 Å². The predicted molar refractivity (Wildman–Crippen MR) is 161 cm³/mol. The number of hydrogen-bond acceptors (Lipinski definition) is 4. The molecule has 1 fully saturated rings. The molecule has 3 unspecified atom stereocenters. The van der Waals surface area contributed by atoms with E-state index in [0.29, 0.717) is 29.0 Å². The van der Waals surface area contributed by atoms with Crippen LogP contribution in [0.25, 0.3) is 0 Å². The Morgan fingerprint density at radius 3 is 2.16 bits per heavy atom. The third kappa shape index (κ3) is 12.5. The lowest BCUT2D eigenvalue weighted by molar-refractivity contribution is -0.0173. The Labute approximate surface area is 233 Å². The molecule has 0 spiro atoms. The predicted octanol–water partition coefficient (Wildman–Crippen LogP) is 9.43. The van der Waals surface area contributed by atoms with Crippen molar-refractivity contribution in [3.63, 3.8) is 0 Å². The lowest BCUT2D eigenvalue weighted by Crippen LogP contribution is -2.36. The lowest BCUT2D eigenvalue weighted by atomic mass is 9.75. The smallest absolute Gasteiger partial charge is 0.340 e. The summed E-state index contributed by atoms with van der Waals surface area (Å²) in [6, 6.07) is 13.3. The Morgan fingerprint density at radius 2 is 1.55 bits per heavy atom. The second-order valence-electron chi connectivity index (χ2n) is 11.6. The Hall–Kier alpha value is -2.36. The highest BCUT2D eigenvalue weighted by Gasteiger charge is 2.33. The molecule has 38 heavy (non-hydrogen) atoms. The summed E-state index contributed by atoms with van der Waals surface area (Å²) in [5.41, 5.74) is 8.06. The highest BCUT2D eigenvalue weighted by atomic mass is 16.5. The highest BCUT2D eigenvalue weighted by Crippen LogP contribution is 2.36. The molecule has 0 aliphatic heterocycles. The van der Waals surface area contributed by atoms with Crippen molar-refractivity contribution in [2.75, 3.05) is 5.73 Å². The van der Waals surface area contributed by atoms with E-state index in [1.807, 2.05) is 24.4 Å². The SMILES string of the molecule is CC1CCC(C(C)C)C(OC(=O)c2ccccc2N)C1.CCCCCCCCCCCCc1ccccn1. The summed E-state index contributed by atoms with van der Waals surface area (Å²) >= 11 is 0. The first-order chi connectivity index (χ1) is 18.4. The number of nitrogens with zero attached hydrogens (tertiary/aromatic N) is 1. The first kappa shape index (κ1) is 31.9. The van der Waals surface area contributed by atoms with Crippen LogP contribution >= 0.6 is 0 Å². The van der Waals surface area contributed by atoms with Gasteiger partial charge in [0.2, 0.25) is 0 Å². The molecule has 3 atom stereocenters. The summed E-state index contributed by atoms with van der Waals surface area (Å²) in [6.07, 6.45) is 20.4. The number of carbonyl (C=O) groups is 1. The van der Waals surface area contributed by atoms with Gasteiger partial charge in [-0.1, -0.05) is 110 Å². The number of carbonyl (C=O) groups excluding carboxylic acids is 1. The highest BCUT2D eigenvalue weighted by molar-refractivity contribution is 5.95. The average Bonchev–Trinajstić information content (AvgIpc) is 2.91. The molecule has 0 saturated heterocycles. The number of rotatable bonds is 14. The Balaban J connectivity index is 0.000000269. The van der Waals surface area contributed by atoms with Gasteiger partial charge in [0.05, 0.1) is 5.56 Å². The molecule has 212 valence electrons. The van der Waals surface area contributed by atoms with Crippen LogP contribution in [0.5, 0.6) is 0 Å². The average molecular weight is 523 g/mol. The summed E-state index contributed by atoms with van der Waals surface area (Å²) in [4.78, 5) is 16.7. The number of nitrogen functional groups attached to an aromatic ring is 1. The van der Waals surface area contributed by atoms with E-state index in [4.69, 9.17) is 10.5 Å². The molecule has 4 heteroatoms. The molecule has 1 saturated carbocycles. The third-order valence-corrected chi connectivity index (χ3v) is 7.91. The first-order valence-electron chi connectivity index (χ1n) is 15.4. The first-order valence-corrected chi connectivity index (χ1v) is 15.4. The van der Waals surface area contributed by atoms with Crippen LogP contribution in [-0.4, -0.2) is 17.1 Å². The second-order valence-corrected chi connectivity index (χ2v) is 11.6. The van der Waals surface area contributed by atoms with Gasteiger partial charge in [-0.2, -0.15) is 0 Å². The largest absolute Gasteiger partial charge is 0.458 e. The number of pyridine rings is 1. The molecule has 3 rings (SSSR count). The van der Waals surface area contributed by atoms with Crippen molar-refractivity contribution in [2.24, 2.45) is 17.8 Å². The van der Waals surface area contributed by atoms with Gasteiger partial charge in [-0.15, -0.1) is 0 Å². The zero-order chi connectivity index (χ0) is 27.6. The van der Waals surface area contributed by atoms with Crippen LogP contribution < -0.4 is 5.73 Å². The van der Waals surface area contributed by atoms with E-state index in [0.717, 1.165) is 19.3 Å². The summed E-state index contributed by atoms with van der Waals surface area (Å²) in [5, 5.41) is 0. The normalized spacial score (nSPS) is 19.0. The summed E-state index contributed by atoms with van der Waals surface area (Å²) < 4.78 is 5.78. The van der Waals surface area contributed by atoms with Gasteiger partial charge >= 0.3 is 5.97 Å². The molecule has 4 nitrogen and oxygen atoms in total. The molecule has 1 aromatic carbocycles. The van der Waals surface area contributed by atoms with E-state index in [9.17, 15) is 4.79 Å². The maximum Gasteiger partial charge on any atom is 0.340 e. The number of benzene rings is 1. The van der Waals surface area contributed by atoms with Crippen molar-refractivity contribution >= 4 is 11.7 Å². The van der Waals surface area contributed by atoms with Crippen LogP contribution in [0.2, 0.25) is 0 Å². The fraction of sp³-hybridized carbons (Fsp3) is 0.647. The summed E-state index contributed by atoms with van der Waals surface area (Å²) in [5.74, 6) is 1.33. The van der Waals surface area contributed by atoms with Crippen molar-refractivity contribution in [1.29, 1.82) is 0 Å². The zero-order valence-corrected chi connectivity index (χ0v) is 24.7. The quantitative estimate of drug-likeness (QED) is 0.152. The fourth-order valence-electron chi connectivity index (χ4n) is 5.47. The molecule has 1 heterocycles. The van der Waals surface area contributed by atoms with Crippen LogP contribution in [0, 0.1) is 17.8 Å². The minimum absolute atomic E-state index is 0.0193. The fourth-order valence-corrected chi connectivity index (χ4v) is 5.47. The number of aromatic nitrogens is 1. The monoisotopic (exact) mass is 522 g/mol. The molecule has 1 aliphatic rings. The van der Waals surface area contributed by atoms with E-state index >= 15 is 0 Å². The van der Waals surface area contributed by atoms with Crippen molar-refractivity contribution in [3.8, 4) is 0 Å². The van der Waals surface area contributed by atoms with Crippen LogP contribution in [0.4, 0.5) is 5.69 Å². The van der Waals surface area contributed by atoms with Gasteiger partial charge in [-0.3, -0.25) is 4.98 Å². The Kier molecular flexibility index (Phi) is 15.8. The van der Waals surface area contributed by atoms with Gasteiger partial charge < -0.3 is 10.5 Å². The molecule has 0 bridgehead atoms. The number of ether oxygens (including phenoxy) is 1. The van der Waals surface area contributed by atoms with E-state index < -0.39 is 0 Å². The molecular formula is C34H54N2O2. The molecule has 1 aromatic heterocycles. The number of anilines is 1. The van der Waals surface area contributed by atoms with Crippen molar-refractivity contribution in [2.45, 2.75) is 124 Å². The van der Waals surface area contributed by atoms with Gasteiger partial charge in [0.1, 0.15) is 6.10 Å². The Morgan fingerprint density at radius 1 is 0.921 bits per heavy atom. The molecule has 2 N–H and O–H groups in total. The molecule has 0 radical (unpaired) electrons. The maximum atomic E-state index is 12.3. The number of unbranched alkanes of at least 4 members (excludes halogenated alkanes) is 9. The number of aryl methyl sites for hydroxylation is 1. The molecular weight excluding hydrogens is 468 g/mol. The zero-order valence-electron chi connectivity index (χ0n) is 24.7. The molecule has 0 amide bonds. The molecule has 2 aromatic rings. The summed E-state index contributed by atoms with van der Waals surface area (Å²) in [6.45, 7) is 8.92. The number of para-hydroxylation sites is 1. The topological polar surface area (TPSA) is 65.2 Å². The van der Waals surface area contributed by atoms with Gasteiger partial charge in [0, 0.05) is 17.6 Å². The van der Waals surface area contributed by atoms with Crippen molar-refractivity contribution in [1.82, 2.24) is 4.98 Å². The number of esters is 1. The summed E-state index contributed by atoms with van der Waals surface area (Å²) in [7, 11) is 0. The third-order valence-electron chi connectivity index (χ3n) is 7.91. The van der Waals surface area contributed by atoms with Gasteiger partial charge in [0.25, 0.3) is 0 Å². The van der Waals surface area contributed by atoms with Gasteiger partial charge in [-0.25, -0.2) is 4.79 Å². The lowest BCUT2D eigenvalue weighted by Gasteiger charge is -2.36.